The van der Waals surface area contributed by atoms with Crippen molar-refractivity contribution in [3.63, 3.8) is 0 Å². The maximum absolute atomic E-state index is 12.5. The minimum absolute atomic E-state index is 0.0630. The van der Waals surface area contributed by atoms with Gasteiger partial charge in [-0.2, -0.15) is 13.9 Å². The fourth-order valence-corrected chi connectivity index (χ4v) is 3.17. The van der Waals surface area contributed by atoms with Gasteiger partial charge < -0.3 is 10.1 Å². The molecule has 1 aliphatic rings. The van der Waals surface area contributed by atoms with Crippen LogP contribution in [0.4, 0.5) is 14.5 Å². The van der Waals surface area contributed by atoms with Crippen molar-refractivity contribution >= 4 is 11.6 Å². The first-order valence-corrected chi connectivity index (χ1v) is 7.91. The van der Waals surface area contributed by atoms with Crippen LogP contribution in [0.1, 0.15) is 40.5 Å². The number of nitrogens with one attached hydrogen (secondary N) is 1. The third-order valence-electron chi connectivity index (χ3n) is 4.29. The molecule has 1 aromatic carbocycles. The fourth-order valence-electron chi connectivity index (χ4n) is 3.17. The molecule has 138 valence electrons. The van der Waals surface area contributed by atoms with Gasteiger partial charge in [-0.15, -0.1) is 0 Å². The van der Waals surface area contributed by atoms with Crippen molar-refractivity contribution < 1.29 is 23.2 Å². The highest BCUT2D eigenvalue weighted by atomic mass is 19.3. The second kappa shape index (κ2) is 7.06. The number of carbonyl (C=O) groups excluding carboxylic acids is 1. The molecule has 1 heterocycles. The van der Waals surface area contributed by atoms with Crippen molar-refractivity contribution in [3.8, 4) is 5.75 Å². The molecule has 1 amide bonds. The monoisotopic (exact) mass is 366 g/mol. The number of halogens is 2. The molecule has 3 rings (SSSR count). The fraction of sp³-hybridized carbons (Fsp3) is 0.375. The Morgan fingerprint density at radius 1 is 1.50 bits per heavy atom. The number of hydrogen-bond donors (Lipinski definition) is 1. The quantitative estimate of drug-likeness (QED) is 0.648. The lowest BCUT2D eigenvalue weighted by atomic mass is 9.87. The Labute approximate surface area is 146 Å². The van der Waals surface area contributed by atoms with Crippen LogP contribution in [0.25, 0.3) is 0 Å². The lowest BCUT2D eigenvalue weighted by molar-refractivity contribution is -0.385. The number of carbonyl (C=O) groups is 1. The Morgan fingerprint density at radius 3 is 2.96 bits per heavy atom. The van der Waals surface area contributed by atoms with Crippen molar-refractivity contribution in [2.75, 3.05) is 0 Å². The van der Waals surface area contributed by atoms with E-state index in [2.05, 4.69) is 15.2 Å². The molecule has 8 nitrogen and oxygen atoms in total. The van der Waals surface area contributed by atoms with Crippen molar-refractivity contribution in [3.05, 3.63) is 51.3 Å². The molecule has 0 saturated heterocycles. The number of rotatable bonds is 5. The lowest BCUT2D eigenvalue weighted by Crippen LogP contribution is -2.32. The zero-order chi connectivity index (χ0) is 18.8. The van der Waals surface area contributed by atoms with E-state index in [4.69, 9.17) is 0 Å². The summed E-state index contributed by atoms with van der Waals surface area (Å²) >= 11 is 0. The molecule has 1 aliphatic carbocycles. The van der Waals surface area contributed by atoms with Gasteiger partial charge in [0.25, 0.3) is 5.91 Å². The summed E-state index contributed by atoms with van der Waals surface area (Å²) in [5, 5.41) is 17.6. The molecule has 2 aromatic rings. The molecule has 1 N–H and O–H groups in total. The summed E-state index contributed by atoms with van der Waals surface area (Å²) < 4.78 is 30.3. The second-order valence-electron chi connectivity index (χ2n) is 5.92. The van der Waals surface area contributed by atoms with Crippen LogP contribution in [0.2, 0.25) is 0 Å². The molecule has 0 aliphatic heterocycles. The van der Waals surface area contributed by atoms with Crippen LogP contribution in [0.3, 0.4) is 0 Å². The summed E-state index contributed by atoms with van der Waals surface area (Å²) in [6.45, 7) is -2.91. The zero-order valence-electron chi connectivity index (χ0n) is 13.8. The molecular formula is C16H16F2N4O4. The predicted octanol–water partition coefficient (Wildman–Crippen LogP) is 2.74. The average Bonchev–Trinajstić information content (AvgIpc) is 2.96. The molecule has 10 heteroatoms. The summed E-state index contributed by atoms with van der Waals surface area (Å²) in [7, 11) is 1.45. The zero-order valence-corrected chi connectivity index (χ0v) is 13.8. The van der Waals surface area contributed by atoms with Crippen molar-refractivity contribution in [1.82, 2.24) is 15.1 Å². The number of aromatic nitrogens is 2. The molecule has 0 unspecified atom stereocenters. The van der Waals surface area contributed by atoms with E-state index in [1.54, 1.807) is 6.07 Å². The summed E-state index contributed by atoms with van der Waals surface area (Å²) in [5.41, 5.74) is 1.08. The van der Waals surface area contributed by atoms with Crippen LogP contribution < -0.4 is 10.1 Å². The van der Waals surface area contributed by atoms with E-state index >= 15 is 0 Å². The lowest BCUT2D eigenvalue weighted by Gasteiger charge is -2.26. The Morgan fingerprint density at radius 2 is 2.27 bits per heavy atom. The Kier molecular flexibility index (Phi) is 4.83. The number of fused-ring (bicyclic) bond motifs is 1. The third kappa shape index (κ3) is 3.48. The van der Waals surface area contributed by atoms with Gasteiger partial charge in [-0.1, -0.05) is 6.07 Å². The number of nitro groups is 1. The molecule has 0 saturated carbocycles. The largest absolute Gasteiger partial charge is 0.435 e. The SMILES string of the molecule is Cn1ncc([N+](=O)[O-])c1C(=O)N[C@@H]1CCCc2cc(OC(F)F)ccc21. The molecule has 1 aromatic heterocycles. The average molecular weight is 366 g/mol. The first-order valence-electron chi connectivity index (χ1n) is 7.91. The van der Waals surface area contributed by atoms with Crippen molar-refractivity contribution in [2.45, 2.75) is 31.9 Å². The number of amides is 1. The number of hydrogen-bond acceptors (Lipinski definition) is 5. The molecule has 0 spiro atoms. The van der Waals surface area contributed by atoms with Gasteiger partial charge >= 0.3 is 12.3 Å². The number of benzene rings is 1. The van der Waals surface area contributed by atoms with E-state index in [1.165, 1.54) is 19.2 Å². The van der Waals surface area contributed by atoms with Crippen LogP contribution >= 0.6 is 0 Å². The first-order chi connectivity index (χ1) is 12.4. The Bertz CT molecular complexity index is 853. The number of ether oxygens (including phenoxy) is 1. The van der Waals surface area contributed by atoms with E-state index in [9.17, 15) is 23.7 Å². The molecule has 0 bridgehead atoms. The van der Waals surface area contributed by atoms with Gasteiger partial charge in [0, 0.05) is 7.05 Å². The Hall–Kier alpha value is -3.04. The standard InChI is InChI=1S/C16H16F2N4O4/c1-21-14(13(8-19-21)22(24)25)15(23)20-12-4-2-3-9-7-10(26-16(17)18)5-6-11(9)12/h5-8,12,16H,2-4H2,1H3,(H,20,23)/t12-/m1/s1. The van der Waals surface area contributed by atoms with Gasteiger partial charge in [-0.05, 0) is 42.5 Å². The number of alkyl halides is 2. The van der Waals surface area contributed by atoms with Gasteiger partial charge in [0.05, 0.1) is 11.0 Å². The molecular weight excluding hydrogens is 350 g/mol. The van der Waals surface area contributed by atoms with E-state index in [0.717, 1.165) is 28.4 Å². The molecule has 26 heavy (non-hydrogen) atoms. The van der Waals surface area contributed by atoms with Gasteiger partial charge in [0.15, 0.2) is 0 Å². The predicted molar refractivity (Wildman–Crippen MR) is 86.1 cm³/mol. The van der Waals surface area contributed by atoms with Crippen LogP contribution in [0, 0.1) is 10.1 Å². The smallest absolute Gasteiger partial charge is 0.387 e. The second-order valence-corrected chi connectivity index (χ2v) is 5.92. The maximum Gasteiger partial charge on any atom is 0.387 e. The van der Waals surface area contributed by atoms with Crippen molar-refractivity contribution in [1.29, 1.82) is 0 Å². The van der Waals surface area contributed by atoms with Gasteiger partial charge in [-0.25, -0.2) is 0 Å². The van der Waals surface area contributed by atoms with Crippen LogP contribution in [-0.4, -0.2) is 27.2 Å². The highest BCUT2D eigenvalue weighted by Gasteiger charge is 2.29. The minimum atomic E-state index is -2.91. The first kappa shape index (κ1) is 17.8. The van der Waals surface area contributed by atoms with Crippen LogP contribution in [-0.2, 0) is 13.5 Å². The van der Waals surface area contributed by atoms with E-state index < -0.39 is 17.4 Å². The molecule has 0 fully saturated rings. The van der Waals surface area contributed by atoms with Gasteiger partial charge in [0.1, 0.15) is 11.9 Å². The summed E-state index contributed by atoms with van der Waals surface area (Å²) in [6.07, 6.45) is 3.08. The maximum atomic E-state index is 12.5. The molecule has 1 atom stereocenters. The van der Waals surface area contributed by atoms with Gasteiger partial charge in [0.2, 0.25) is 5.69 Å². The third-order valence-corrected chi connectivity index (χ3v) is 4.29. The Balaban J connectivity index is 1.83. The minimum Gasteiger partial charge on any atom is -0.435 e. The van der Waals surface area contributed by atoms with E-state index in [1.807, 2.05) is 0 Å². The van der Waals surface area contributed by atoms with E-state index in [-0.39, 0.29) is 23.2 Å². The topological polar surface area (TPSA) is 99.3 Å². The highest BCUT2D eigenvalue weighted by Crippen LogP contribution is 2.33. The highest BCUT2D eigenvalue weighted by molar-refractivity contribution is 5.96. The summed E-state index contributed by atoms with van der Waals surface area (Å²) in [4.78, 5) is 22.9. The van der Waals surface area contributed by atoms with Gasteiger partial charge in [-0.3, -0.25) is 19.6 Å². The summed E-state index contributed by atoms with van der Waals surface area (Å²) in [5.74, 6) is -0.546. The normalized spacial score (nSPS) is 16.2. The van der Waals surface area contributed by atoms with Crippen molar-refractivity contribution in [2.24, 2.45) is 7.05 Å². The van der Waals surface area contributed by atoms with Crippen LogP contribution in [0.15, 0.2) is 24.4 Å². The molecule has 0 radical (unpaired) electrons. The van der Waals surface area contributed by atoms with E-state index in [0.29, 0.717) is 12.8 Å². The van der Waals surface area contributed by atoms with Crippen LogP contribution in [0.5, 0.6) is 5.75 Å². The number of aryl methyl sites for hydroxylation is 2. The number of nitrogens with zero attached hydrogens (tertiary/aromatic N) is 3. The summed E-state index contributed by atoms with van der Waals surface area (Å²) in [6, 6.07) is 4.21.